The lowest BCUT2D eigenvalue weighted by molar-refractivity contribution is 0.214. The van der Waals surface area contributed by atoms with E-state index in [1.54, 1.807) is 0 Å². The first-order valence-corrected chi connectivity index (χ1v) is 4.71. The summed E-state index contributed by atoms with van der Waals surface area (Å²) >= 11 is 6.07. The normalized spacial score (nSPS) is 31.3. The molecule has 0 aromatic heterocycles. The zero-order chi connectivity index (χ0) is 9.46. The van der Waals surface area contributed by atoms with E-state index in [1.807, 2.05) is 0 Å². The van der Waals surface area contributed by atoms with Crippen LogP contribution in [0.3, 0.4) is 0 Å². The van der Waals surface area contributed by atoms with E-state index in [0.717, 1.165) is 0 Å². The highest BCUT2D eigenvalue weighted by molar-refractivity contribution is 9.12. The van der Waals surface area contributed by atoms with Gasteiger partial charge in [-0.1, -0.05) is 31.9 Å². The van der Waals surface area contributed by atoms with Gasteiger partial charge < -0.3 is 21.7 Å². The third kappa shape index (κ3) is 1.39. The van der Waals surface area contributed by atoms with Crippen LogP contribution in [-0.2, 0) is 0 Å². The van der Waals surface area contributed by atoms with Gasteiger partial charge in [0.15, 0.2) is 0 Å². The molecule has 0 bridgehead atoms. The summed E-state index contributed by atoms with van der Waals surface area (Å²) < 4.78 is 0.631. The van der Waals surface area contributed by atoms with E-state index in [0.29, 0.717) is 8.96 Å². The van der Waals surface area contributed by atoms with Crippen LogP contribution in [0.2, 0.25) is 0 Å². The molecule has 2 atom stereocenters. The van der Waals surface area contributed by atoms with Crippen molar-refractivity contribution in [3.8, 4) is 0 Å². The fourth-order valence-electron chi connectivity index (χ4n) is 0.850. The minimum Gasteiger partial charge on any atom is -0.399 e. The summed E-state index contributed by atoms with van der Waals surface area (Å²) in [5, 5.41) is 18.8. The topological polar surface area (TPSA) is 92.5 Å². The third-order valence-electron chi connectivity index (χ3n) is 1.62. The lowest BCUT2D eigenvalue weighted by atomic mass is 10.1. The van der Waals surface area contributed by atoms with Crippen LogP contribution >= 0.6 is 31.9 Å². The largest absolute Gasteiger partial charge is 0.399 e. The molecular weight excluding hydrogens is 292 g/mol. The van der Waals surface area contributed by atoms with Gasteiger partial charge in [0.1, 0.15) is 12.2 Å². The first kappa shape index (κ1) is 10.0. The summed E-state index contributed by atoms with van der Waals surface area (Å²) in [5.74, 6) is 0. The van der Waals surface area contributed by atoms with E-state index in [9.17, 15) is 10.2 Å². The van der Waals surface area contributed by atoms with Crippen LogP contribution in [0.25, 0.3) is 0 Å². The number of aliphatic hydroxyl groups excluding tert-OH is 2. The molecule has 0 aromatic carbocycles. The number of aliphatic hydroxyl groups is 2. The van der Waals surface area contributed by atoms with Crippen LogP contribution in [0.5, 0.6) is 0 Å². The van der Waals surface area contributed by atoms with E-state index in [-0.39, 0.29) is 11.4 Å². The SMILES string of the molecule is NC1=C(Br)C(O)C(N)=C(Br)C1O. The molecule has 0 saturated carbocycles. The van der Waals surface area contributed by atoms with Crippen LogP contribution in [-0.4, -0.2) is 22.4 Å². The van der Waals surface area contributed by atoms with Gasteiger partial charge in [-0.15, -0.1) is 0 Å². The summed E-state index contributed by atoms with van der Waals surface area (Å²) in [7, 11) is 0. The van der Waals surface area contributed by atoms with Gasteiger partial charge in [0, 0.05) is 0 Å². The molecule has 6 heteroatoms. The molecule has 0 amide bonds. The van der Waals surface area contributed by atoms with Crippen molar-refractivity contribution in [1.29, 1.82) is 0 Å². The van der Waals surface area contributed by atoms with Gasteiger partial charge in [-0.2, -0.15) is 0 Å². The summed E-state index contributed by atoms with van der Waals surface area (Å²) in [6.07, 6.45) is -1.94. The van der Waals surface area contributed by atoms with E-state index in [1.165, 1.54) is 0 Å². The lowest BCUT2D eigenvalue weighted by Gasteiger charge is -2.24. The first-order valence-electron chi connectivity index (χ1n) is 3.13. The Morgan fingerprint density at radius 1 is 0.917 bits per heavy atom. The predicted octanol–water partition coefficient (Wildman–Crippen LogP) is -0.148. The Bertz CT molecular complexity index is 223. The smallest absolute Gasteiger partial charge is 0.127 e. The second-order valence-electron chi connectivity index (χ2n) is 2.41. The van der Waals surface area contributed by atoms with Gasteiger partial charge >= 0.3 is 0 Å². The number of halogens is 2. The Kier molecular flexibility index (Phi) is 2.82. The Morgan fingerprint density at radius 2 is 1.17 bits per heavy atom. The molecule has 0 saturated heterocycles. The first-order chi connectivity index (χ1) is 5.46. The summed E-state index contributed by atoms with van der Waals surface area (Å²) in [4.78, 5) is 0. The van der Waals surface area contributed by atoms with Gasteiger partial charge in [0.05, 0.1) is 20.4 Å². The van der Waals surface area contributed by atoms with Crippen molar-refractivity contribution in [2.45, 2.75) is 12.2 Å². The van der Waals surface area contributed by atoms with Gasteiger partial charge in [-0.05, 0) is 0 Å². The van der Waals surface area contributed by atoms with Crippen molar-refractivity contribution in [2.75, 3.05) is 0 Å². The van der Waals surface area contributed by atoms with E-state index >= 15 is 0 Å². The molecular formula is C6H8Br2N2O2. The zero-order valence-corrected chi connectivity index (χ0v) is 9.13. The van der Waals surface area contributed by atoms with Crippen molar-refractivity contribution < 1.29 is 10.2 Å². The number of nitrogens with two attached hydrogens (primary N) is 2. The highest BCUT2D eigenvalue weighted by atomic mass is 79.9. The Morgan fingerprint density at radius 3 is 1.42 bits per heavy atom. The molecule has 0 heterocycles. The molecule has 1 aliphatic carbocycles. The summed E-state index contributed by atoms with van der Waals surface area (Å²) in [5.41, 5.74) is 11.3. The van der Waals surface area contributed by atoms with Crippen LogP contribution in [0, 0.1) is 0 Å². The van der Waals surface area contributed by atoms with Crippen LogP contribution in [0.4, 0.5) is 0 Å². The monoisotopic (exact) mass is 298 g/mol. The molecule has 0 fully saturated rings. The van der Waals surface area contributed by atoms with Crippen LogP contribution in [0.15, 0.2) is 20.4 Å². The minimum absolute atomic E-state index is 0.170. The summed E-state index contributed by atoms with van der Waals surface area (Å²) in [6, 6.07) is 0. The minimum atomic E-state index is -0.970. The van der Waals surface area contributed by atoms with Gasteiger partial charge in [0.2, 0.25) is 0 Å². The van der Waals surface area contributed by atoms with E-state index < -0.39 is 12.2 Å². The highest BCUT2D eigenvalue weighted by Gasteiger charge is 2.29. The Balaban J connectivity index is 3.13. The molecule has 12 heavy (non-hydrogen) atoms. The van der Waals surface area contributed by atoms with Crippen LogP contribution < -0.4 is 11.5 Å². The van der Waals surface area contributed by atoms with Gasteiger partial charge in [-0.25, -0.2) is 0 Å². The van der Waals surface area contributed by atoms with E-state index in [2.05, 4.69) is 31.9 Å². The molecule has 1 aliphatic rings. The maximum absolute atomic E-state index is 9.40. The molecule has 0 aromatic rings. The molecule has 0 aliphatic heterocycles. The van der Waals surface area contributed by atoms with Gasteiger partial charge in [0.25, 0.3) is 0 Å². The zero-order valence-electron chi connectivity index (χ0n) is 5.96. The number of hydrogen-bond acceptors (Lipinski definition) is 4. The fourth-order valence-corrected chi connectivity index (χ4v) is 1.78. The van der Waals surface area contributed by atoms with Crippen molar-refractivity contribution in [1.82, 2.24) is 0 Å². The fraction of sp³-hybridized carbons (Fsp3) is 0.333. The lowest BCUT2D eigenvalue weighted by Crippen LogP contribution is -2.33. The average Bonchev–Trinajstić information content (AvgIpc) is 2.08. The van der Waals surface area contributed by atoms with Gasteiger partial charge in [-0.3, -0.25) is 0 Å². The maximum atomic E-state index is 9.40. The van der Waals surface area contributed by atoms with Crippen molar-refractivity contribution in [3.63, 3.8) is 0 Å². The molecule has 0 radical (unpaired) electrons. The van der Waals surface area contributed by atoms with Crippen molar-refractivity contribution >= 4 is 31.9 Å². The van der Waals surface area contributed by atoms with Crippen molar-refractivity contribution in [2.24, 2.45) is 11.5 Å². The molecule has 6 N–H and O–H groups in total. The second-order valence-corrected chi connectivity index (χ2v) is 4.12. The maximum Gasteiger partial charge on any atom is 0.127 e. The van der Waals surface area contributed by atoms with E-state index in [4.69, 9.17) is 11.5 Å². The van der Waals surface area contributed by atoms with Crippen LogP contribution in [0.1, 0.15) is 0 Å². The summed E-state index contributed by atoms with van der Waals surface area (Å²) in [6.45, 7) is 0. The quantitative estimate of drug-likeness (QED) is 0.501. The predicted molar refractivity (Wildman–Crippen MR) is 52.3 cm³/mol. The highest BCUT2D eigenvalue weighted by Crippen LogP contribution is 2.32. The average molecular weight is 300 g/mol. The Hall–Kier alpha value is -0.0400. The molecule has 2 unspecified atom stereocenters. The molecule has 4 nitrogen and oxygen atoms in total. The molecule has 0 spiro atoms. The third-order valence-corrected chi connectivity index (χ3v) is 3.40. The second kappa shape index (κ2) is 3.37. The molecule has 1 rings (SSSR count). The molecule has 68 valence electrons. The van der Waals surface area contributed by atoms with Crippen molar-refractivity contribution in [3.05, 3.63) is 20.4 Å². The Labute approximate surface area is 86.2 Å². The standard InChI is InChI=1S/C6H8Br2N2O2/c7-1-3(9)6(12)2(8)4(10)5(1)11/h5-6,11-12H,9-10H2. The number of hydrogen-bond donors (Lipinski definition) is 4. The number of rotatable bonds is 0.